The van der Waals surface area contributed by atoms with E-state index in [1.54, 1.807) is 13.1 Å². The zero-order valence-electron chi connectivity index (χ0n) is 17.6. The third-order valence-electron chi connectivity index (χ3n) is 5.60. The minimum atomic E-state index is -0.0598. The van der Waals surface area contributed by atoms with Crippen LogP contribution in [-0.4, -0.2) is 68.8 Å². The largest absolute Gasteiger partial charge is 0.365 e. The average Bonchev–Trinajstić information content (AvgIpc) is 3.10. The predicted octanol–water partition coefficient (Wildman–Crippen LogP) is 1.52. The lowest BCUT2D eigenvalue weighted by atomic mass is 10.2. The number of hydrogen-bond donors (Lipinski definition) is 1. The molecule has 158 valence electrons. The van der Waals surface area contributed by atoms with Crippen LogP contribution >= 0.6 is 0 Å². The summed E-state index contributed by atoms with van der Waals surface area (Å²) < 4.78 is 0. The standard InChI is InChI=1S/C21H27N7O2/c1-14(2)28-13-17-18(20(28)30)24-21(27-9-7-26(8-10-27)15(3)29)25-19(17)23-12-16-5-4-6-22-11-16/h4-6,11,14H,7-10,12-13H2,1-3H3,(H,23,24,25). The maximum atomic E-state index is 13.0. The van der Waals surface area contributed by atoms with Gasteiger partial charge in [0.1, 0.15) is 11.5 Å². The van der Waals surface area contributed by atoms with Crippen LogP contribution in [0, 0.1) is 0 Å². The van der Waals surface area contributed by atoms with E-state index in [1.165, 1.54) is 0 Å². The number of carbonyl (C=O) groups excluding carboxylic acids is 2. The molecule has 0 bridgehead atoms. The summed E-state index contributed by atoms with van der Waals surface area (Å²) in [5.74, 6) is 1.23. The van der Waals surface area contributed by atoms with E-state index in [-0.39, 0.29) is 17.9 Å². The summed E-state index contributed by atoms with van der Waals surface area (Å²) in [6.45, 7) is 9.18. The summed E-state index contributed by atoms with van der Waals surface area (Å²) in [4.78, 5) is 43.8. The van der Waals surface area contributed by atoms with Crippen LogP contribution in [0.3, 0.4) is 0 Å². The summed E-state index contributed by atoms with van der Waals surface area (Å²) in [7, 11) is 0. The fourth-order valence-electron chi connectivity index (χ4n) is 3.79. The van der Waals surface area contributed by atoms with E-state index in [4.69, 9.17) is 4.98 Å². The lowest BCUT2D eigenvalue weighted by molar-refractivity contribution is -0.129. The Morgan fingerprint density at radius 1 is 1.20 bits per heavy atom. The first kappa shape index (κ1) is 20.1. The highest BCUT2D eigenvalue weighted by molar-refractivity contribution is 5.98. The van der Waals surface area contributed by atoms with Crippen molar-refractivity contribution < 1.29 is 9.59 Å². The van der Waals surface area contributed by atoms with Crippen LogP contribution in [0.2, 0.25) is 0 Å². The minimum absolute atomic E-state index is 0.0598. The third-order valence-corrected chi connectivity index (χ3v) is 5.60. The van der Waals surface area contributed by atoms with Gasteiger partial charge in [0, 0.05) is 63.6 Å². The monoisotopic (exact) mass is 409 g/mol. The zero-order valence-corrected chi connectivity index (χ0v) is 17.6. The molecule has 0 atom stereocenters. The molecule has 9 nitrogen and oxygen atoms in total. The van der Waals surface area contributed by atoms with Crippen molar-refractivity contribution in [1.82, 2.24) is 24.8 Å². The number of pyridine rings is 1. The van der Waals surface area contributed by atoms with Gasteiger partial charge >= 0.3 is 0 Å². The smallest absolute Gasteiger partial charge is 0.273 e. The minimum Gasteiger partial charge on any atom is -0.365 e. The van der Waals surface area contributed by atoms with E-state index in [9.17, 15) is 9.59 Å². The summed E-state index contributed by atoms with van der Waals surface area (Å²) in [6, 6.07) is 3.97. The van der Waals surface area contributed by atoms with E-state index < -0.39 is 0 Å². The first-order valence-electron chi connectivity index (χ1n) is 10.3. The number of piperazine rings is 1. The number of rotatable bonds is 5. The molecule has 2 aliphatic rings. The lowest BCUT2D eigenvalue weighted by Crippen LogP contribution is -2.48. The van der Waals surface area contributed by atoms with E-state index in [0.29, 0.717) is 56.7 Å². The van der Waals surface area contributed by atoms with Crippen molar-refractivity contribution in [2.24, 2.45) is 0 Å². The molecule has 9 heteroatoms. The molecule has 0 aliphatic carbocycles. The summed E-state index contributed by atoms with van der Waals surface area (Å²) in [5, 5.41) is 3.39. The Balaban J connectivity index is 1.62. The van der Waals surface area contributed by atoms with Crippen LogP contribution < -0.4 is 10.2 Å². The molecule has 0 saturated carbocycles. The van der Waals surface area contributed by atoms with Gasteiger partial charge in [0.2, 0.25) is 11.9 Å². The van der Waals surface area contributed by atoms with E-state index in [1.807, 2.05) is 46.9 Å². The number of aromatic nitrogens is 3. The van der Waals surface area contributed by atoms with Crippen molar-refractivity contribution in [1.29, 1.82) is 0 Å². The number of hydrogen-bond acceptors (Lipinski definition) is 7. The van der Waals surface area contributed by atoms with E-state index >= 15 is 0 Å². The Bertz CT molecular complexity index is 940. The topological polar surface area (TPSA) is 94.6 Å². The Labute approximate surface area is 176 Å². The van der Waals surface area contributed by atoms with Crippen molar-refractivity contribution >= 4 is 23.6 Å². The van der Waals surface area contributed by atoms with E-state index in [0.717, 1.165) is 11.1 Å². The maximum absolute atomic E-state index is 13.0. The van der Waals surface area contributed by atoms with Gasteiger partial charge < -0.3 is 20.0 Å². The second kappa shape index (κ2) is 8.25. The van der Waals surface area contributed by atoms with Crippen LogP contribution in [-0.2, 0) is 17.9 Å². The van der Waals surface area contributed by atoms with Gasteiger partial charge in [-0.3, -0.25) is 14.6 Å². The Morgan fingerprint density at radius 3 is 2.60 bits per heavy atom. The molecule has 1 N–H and O–H groups in total. The molecular formula is C21H27N7O2. The molecule has 1 fully saturated rings. The SMILES string of the molecule is CC(=O)N1CCN(c2nc(NCc3cccnc3)c3c(n2)C(=O)N(C(C)C)C3)CC1. The maximum Gasteiger partial charge on any atom is 0.273 e. The normalized spacial score (nSPS) is 16.3. The number of nitrogens with zero attached hydrogens (tertiary/aromatic N) is 6. The highest BCUT2D eigenvalue weighted by Gasteiger charge is 2.35. The zero-order chi connectivity index (χ0) is 21.3. The van der Waals surface area contributed by atoms with Gasteiger partial charge in [-0.05, 0) is 25.5 Å². The third kappa shape index (κ3) is 3.92. The van der Waals surface area contributed by atoms with Crippen molar-refractivity contribution in [2.45, 2.75) is 39.9 Å². The number of carbonyl (C=O) groups is 2. The van der Waals surface area contributed by atoms with Crippen molar-refractivity contribution in [3.8, 4) is 0 Å². The molecule has 30 heavy (non-hydrogen) atoms. The average molecular weight is 409 g/mol. The van der Waals surface area contributed by atoms with Gasteiger partial charge in [0.25, 0.3) is 5.91 Å². The molecule has 2 amide bonds. The molecule has 0 radical (unpaired) electrons. The van der Waals surface area contributed by atoms with Crippen LogP contribution in [0.1, 0.15) is 42.4 Å². The summed E-state index contributed by atoms with van der Waals surface area (Å²) in [6.07, 6.45) is 3.55. The van der Waals surface area contributed by atoms with Crippen molar-refractivity contribution in [3.63, 3.8) is 0 Å². The molecule has 0 spiro atoms. The molecular weight excluding hydrogens is 382 g/mol. The van der Waals surface area contributed by atoms with Crippen LogP contribution in [0.25, 0.3) is 0 Å². The van der Waals surface area contributed by atoms with Gasteiger partial charge in [-0.2, -0.15) is 4.98 Å². The first-order chi connectivity index (χ1) is 14.4. The molecule has 0 unspecified atom stereocenters. The quantitative estimate of drug-likeness (QED) is 0.800. The highest BCUT2D eigenvalue weighted by Crippen LogP contribution is 2.30. The second-order valence-corrected chi connectivity index (χ2v) is 7.93. The van der Waals surface area contributed by atoms with Gasteiger partial charge in [-0.25, -0.2) is 4.98 Å². The van der Waals surface area contributed by atoms with Gasteiger partial charge in [-0.1, -0.05) is 6.07 Å². The van der Waals surface area contributed by atoms with Gasteiger partial charge in [0.15, 0.2) is 0 Å². The Kier molecular flexibility index (Phi) is 5.52. The first-order valence-corrected chi connectivity index (χ1v) is 10.3. The molecule has 1 saturated heterocycles. The molecule has 0 aromatic carbocycles. The molecule has 4 heterocycles. The number of nitrogens with one attached hydrogen (secondary N) is 1. The van der Waals surface area contributed by atoms with Crippen molar-refractivity contribution in [2.75, 3.05) is 36.4 Å². The summed E-state index contributed by atoms with van der Waals surface area (Å²) in [5.41, 5.74) is 2.34. The number of amides is 2. The predicted molar refractivity (Wildman–Crippen MR) is 113 cm³/mol. The molecule has 2 aromatic rings. The fourth-order valence-corrected chi connectivity index (χ4v) is 3.79. The number of anilines is 2. The van der Waals surface area contributed by atoms with Gasteiger partial charge in [-0.15, -0.1) is 0 Å². The van der Waals surface area contributed by atoms with Gasteiger partial charge in [0.05, 0.1) is 6.54 Å². The number of fused-ring (bicyclic) bond motifs is 1. The molecule has 2 aliphatic heterocycles. The molecule has 2 aromatic heterocycles. The Morgan fingerprint density at radius 2 is 1.97 bits per heavy atom. The highest BCUT2D eigenvalue weighted by atomic mass is 16.2. The molecule has 4 rings (SSSR count). The van der Waals surface area contributed by atoms with Crippen molar-refractivity contribution in [3.05, 3.63) is 41.3 Å². The summed E-state index contributed by atoms with van der Waals surface area (Å²) >= 11 is 0. The lowest BCUT2D eigenvalue weighted by Gasteiger charge is -2.34. The fraction of sp³-hybridized carbons (Fsp3) is 0.476. The van der Waals surface area contributed by atoms with Crippen LogP contribution in [0.5, 0.6) is 0 Å². The van der Waals surface area contributed by atoms with E-state index in [2.05, 4.69) is 15.3 Å². The second-order valence-electron chi connectivity index (χ2n) is 7.93. The Hall–Kier alpha value is -3.23. The van der Waals surface area contributed by atoms with Crippen LogP contribution in [0.4, 0.5) is 11.8 Å². The van der Waals surface area contributed by atoms with Crippen LogP contribution in [0.15, 0.2) is 24.5 Å².